The number of aryl methyl sites for hydroxylation is 1. The van der Waals surface area contributed by atoms with Crippen LogP contribution >= 0.6 is 0 Å². The Balaban J connectivity index is 2.61. The summed E-state index contributed by atoms with van der Waals surface area (Å²) < 4.78 is 1.94. The standard InChI is InChI=1S/C13H17N3/c1-9(2)13-11(14)8-15-16(13)12-7-5-4-6-10(12)3/h4-9H,14H2,1-3H3. The molecule has 0 amide bonds. The number of hydrogen-bond donors (Lipinski definition) is 1. The molecule has 0 aliphatic carbocycles. The molecule has 16 heavy (non-hydrogen) atoms. The molecule has 2 rings (SSSR count). The van der Waals surface area contributed by atoms with Gasteiger partial charge in [-0.05, 0) is 24.5 Å². The monoisotopic (exact) mass is 215 g/mol. The van der Waals surface area contributed by atoms with E-state index < -0.39 is 0 Å². The number of nitrogen functional groups attached to an aromatic ring is 1. The van der Waals surface area contributed by atoms with Crippen molar-refractivity contribution in [2.45, 2.75) is 26.7 Å². The second-order valence-corrected chi connectivity index (χ2v) is 4.34. The number of anilines is 1. The fraction of sp³-hybridized carbons (Fsp3) is 0.308. The third kappa shape index (κ3) is 1.69. The maximum Gasteiger partial charge on any atom is 0.0740 e. The summed E-state index contributed by atoms with van der Waals surface area (Å²) in [6.07, 6.45) is 1.72. The average molecular weight is 215 g/mol. The lowest BCUT2D eigenvalue weighted by Crippen LogP contribution is -2.06. The number of aromatic nitrogens is 2. The van der Waals surface area contributed by atoms with Crippen LogP contribution in [0.1, 0.15) is 31.0 Å². The highest BCUT2D eigenvalue weighted by Crippen LogP contribution is 2.25. The van der Waals surface area contributed by atoms with Crippen LogP contribution in [0.4, 0.5) is 5.69 Å². The van der Waals surface area contributed by atoms with Crippen molar-refractivity contribution in [2.75, 3.05) is 5.73 Å². The Hall–Kier alpha value is -1.77. The molecule has 0 aliphatic rings. The number of rotatable bonds is 2. The van der Waals surface area contributed by atoms with E-state index >= 15 is 0 Å². The van der Waals surface area contributed by atoms with Crippen molar-refractivity contribution >= 4 is 5.69 Å². The molecule has 1 heterocycles. The highest BCUT2D eigenvalue weighted by molar-refractivity contribution is 5.49. The van der Waals surface area contributed by atoms with Gasteiger partial charge in [0, 0.05) is 0 Å². The zero-order valence-electron chi connectivity index (χ0n) is 9.94. The number of hydrogen-bond acceptors (Lipinski definition) is 2. The third-order valence-corrected chi connectivity index (χ3v) is 2.73. The second-order valence-electron chi connectivity index (χ2n) is 4.34. The summed E-state index contributed by atoms with van der Waals surface area (Å²) in [6, 6.07) is 8.19. The second kappa shape index (κ2) is 4.00. The molecule has 2 aromatic rings. The third-order valence-electron chi connectivity index (χ3n) is 2.73. The van der Waals surface area contributed by atoms with E-state index in [4.69, 9.17) is 5.73 Å². The highest BCUT2D eigenvalue weighted by atomic mass is 15.3. The zero-order valence-corrected chi connectivity index (χ0v) is 9.94. The van der Waals surface area contributed by atoms with Crippen LogP contribution in [0.15, 0.2) is 30.5 Å². The topological polar surface area (TPSA) is 43.8 Å². The van der Waals surface area contributed by atoms with E-state index in [-0.39, 0.29) is 0 Å². The predicted molar refractivity (Wildman–Crippen MR) is 66.8 cm³/mol. The molecule has 0 saturated heterocycles. The molecule has 0 radical (unpaired) electrons. The summed E-state index contributed by atoms with van der Waals surface area (Å²) in [5, 5.41) is 4.36. The molecule has 0 spiro atoms. The molecule has 0 saturated carbocycles. The van der Waals surface area contributed by atoms with Gasteiger partial charge in [0.05, 0.1) is 23.3 Å². The summed E-state index contributed by atoms with van der Waals surface area (Å²) in [5.41, 5.74) is 10.1. The Labute approximate surface area is 95.9 Å². The van der Waals surface area contributed by atoms with E-state index in [0.29, 0.717) is 5.92 Å². The van der Waals surface area contributed by atoms with E-state index in [0.717, 1.165) is 17.1 Å². The molecular formula is C13H17N3. The zero-order chi connectivity index (χ0) is 11.7. The van der Waals surface area contributed by atoms with Crippen LogP contribution in [0.25, 0.3) is 5.69 Å². The van der Waals surface area contributed by atoms with Gasteiger partial charge >= 0.3 is 0 Å². The van der Waals surface area contributed by atoms with Crippen LogP contribution in [-0.2, 0) is 0 Å². The minimum atomic E-state index is 0.363. The number of benzene rings is 1. The van der Waals surface area contributed by atoms with Gasteiger partial charge in [0.2, 0.25) is 0 Å². The van der Waals surface area contributed by atoms with E-state index in [2.05, 4.69) is 38.0 Å². The van der Waals surface area contributed by atoms with Gasteiger partial charge in [-0.1, -0.05) is 32.0 Å². The minimum absolute atomic E-state index is 0.363. The highest BCUT2D eigenvalue weighted by Gasteiger charge is 2.14. The van der Waals surface area contributed by atoms with Crippen molar-refractivity contribution in [3.63, 3.8) is 0 Å². The summed E-state index contributed by atoms with van der Waals surface area (Å²) >= 11 is 0. The largest absolute Gasteiger partial charge is 0.396 e. The summed E-state index contributed by atoms with van der Waals surface area (Å²) in [5.74, 6) is 0.363. The molecule has 3 nitrogen and oxygen atoms in total. The van der Waals surface area contributed by atoms with Gasteiger partial charge in [-0.3, -0.25) is 0 Å². The Morgan fingerprint density at radius 3 is 2.56 bits per heavy atom. The van der Waals surface area contributed by atoms with Crippen molar-refractivity contribution in [1.82, 2.24) is 9.78 Å². The van der Waals surface area contributed by atoms with Gasteiger partial charge in [-0.25, -0.2) is 4.68 Å². The van der Waals surface area contributed by atoms with Gasteiger partial charge in [0.15, 0.2) is 0 Å². The van der Waals surface area contributed by atoms with E-state index in [1.54, 1.807) is 6.20 Å². The van der Waals surface area contributed by atoms with Gasteiger partial charge in [0.25, 0.3) is 0 Å². The maximum atomic E-state index is 5.95. The van der Waals surface area contributed by atoms with Crippen LogP contribution in [0.2, 0.25) is 0 Å². The Kier molecular flexibility index (Phi) is 2.69. The number of nitrogens with zero attached hydrogens (tertiary/aromatic N) is 2. The molecule has 0 aliphatic heterocycles. The van der Waals surface area contributed by atoms with Gasteiger partial charge in [-0.15, -0.1) is 0 Å². The van der Waals surface area contributed by atoms with E-state index in [1.165, 1.54) is 5.56 Å². The van der Waals surface area contributed by atoms with Crippen molar-refractivity contribution in [2.24, 2.45) is 0 Å². The first-order valence-corrected chi connectivity index (χ1v) is 5.50. The first-order chi connectivity index (χ1) is 7.61. The van der Waals surface area contributed by atoms with Crippen LogP contribution < -0.4 is 5.73 Å². The van der Waals surface area contributed by atoms with Gasteiger partial charge in [0.1, 0.15) is 0 Å². The Morgan fingerprint density at radius 1 is 1.25 bits per heavy atom. The number of para-hydroxylation sites is 1. The van der Waals surface area contributed by atoms with Crippen LogP contribution in [-0.4, -0.2) is 9.78 Å². The SMILES string of the molecule is Cc1ccccc1-n1ncc(N)c1C(C)C. The summed E-state index contributed by atoms with van der Waals surface area (Å²) in [7, 11) is 0. The molecule has 0 unspecified atom stereocenters. The lowest BCUT2D eigenvalue weighted by molar-refractivity contribution is 0.733. The molecule has 0 bridgehead atoms. The fourth-order valence-electron chi connectivity index (χ4n) is 1.94. The van der Waals surface area contributed by atoms with Crippen LogP contribution in [0.3, 0.4) is 0 Å². The molecular weight excluding hydrogens is 198 g/mol. The van der Waals surface area contributed by atoms with Crippen LogP contribution in [0, 0.1) is 6.92 Å². The van der Waals surface area contributed by atoms with Crippen LogP contribution in [0.5, 0.6) is 0 Å². The van der Waals surface area contributed by atoms with Gasteiger partial charge in [-0.2, -0.15) is 5.10 Å². The molecule has 3 heteroatoms. The summed E-state index contributed by atoms with van der Waals surface area (Å²) in [6.45, 7) is 6.33. The molecule has 2 N–H and O–H groups in total. The normalized spacial score (nSPS) is 11.0. The predicted octanol–water partition coefficient (Wildman–Crippen LogP) is 2.89. The van der Waals surface area contributed by atoms with Crippen molar-refractivity contribution in [3.05, 3.63) is 41.7 Å². The van der Waals surface area contributed by atoms with E-state index in [1.807, 2.05) is 16.8 Å². The maximum absolute atomic E-state index is 5.95. The molecule has 1 aromatic heterocycles. The molecule has 0 atom stereocenters. The van der Waals surface area contributed by atoms with Crippen molar-refractivity contribution < 1.29 is 0 Å². The lowest BCUT2D eigenvalue weighted by atomic mass is 10.1. The quantitative estimate of drug-likeness (QED) is 0.837. The van der Waals surface area contributed by atoms with Crippen molar-refractivity contribution in [3.8, 4) is 5.69 Å². The lowest BCUT2D eigenvalue weighted by Gasteiger charge is -2.13. The fourth-order valence-corrected chi connectivity index (χ4v) is 1.94. The first kappa shape index (κ1) is 10.7. The summed E-state index contributed by atoms with van der Waals surface area (Å²) in [4.78, 5) is 0. The number of nitrogens with two attached hydrogens (primary N) is 1. The Morgan fingerprint density at radius 2 is 1.94 bits per heavy atom. The smallest absolute Gasteiger partial charge is 0.0740 e. The first-order valence-electron chi connectivity index (χ1n) is 5.50. The molecule has 84 valence electrons. The minimum Gasteiger partial charge on any atom is -0.396 e. The van der Waals surface area contributed by atoms with Crippen molar-refractivity contribution in [1.29, 1.82) is 0 Å². The average Bonchev–Trinajstić information content (AvgIpc) is 2.61. The molecule has 1 aromatic carbocycles. The Bertz CT molecular complexity index is 498. The van der Waals surface area contributed by atoms with E-state index in [9.17, 15) is 0 Å². The molecule has 0 fully saturated rings. The van der Waals surface area contributed by atoms with Gasteiger partial charge < -0.3 is 5.73 Å².